The molecule has 0 saturated carbocycles. The molecule has 0 aliphatic carbocycles. The van der Waals surface area contributed by atoms with Crippen molar-refractivity contribution < 1.29 is 19.4 Å². The number of likely N-dealkylation sites (N-methyl/N-ethyl adjacent to an activating group) is 1. The Hall–Kier alpha value is -4.66. The maximum atomic E-state index is 12.6. The van der Waals surface area contributed by atoms with Crippen LogP contribution in [0.15, 0.2) is 128 Å². The Labute approximate surface area is 276 Å². The van der Waals surface area contributed by atoms with Crippen molar-refractivity contribution in [3.05, 3.63) is 161 Å². The number of rotatable bonds is 11. The van der Waals surface area contributed by atoms with Crippen molar-refractivity contribution in [1.29, 1.82) is 0 Å². The Morgan fingerprint density at radius 1 is 0.872 bits per heavy atom. The lowest BCUT2D eigenvalue weighted by Gasteiger charge is -2.39. The summed E-state index contributed by atoms with van der Waals surface area (Å²) in [5.41, 5.74) is 7.76. The molecular formula is C40H41N3O4. The first-order chi connectivity index (χ1) is 23.0. The van der Waals surface area contributed by atoms with E-state index in [0.29, 0.717) is 18.5 Å². The van der Waals surface area contributed by atoms with Crippen molar-refractivity contribution in [2.75, 3.05) is 13.6 Å². The molecule has 0 radical (unpaired) electrons. The molecule has 4 unspecified atom stereocenters. The van der Waals surface area contributed by atoms with E-state index in [1.165, 1.54) is 5.56 Å². The number of carbonyl (C=O) groups excluding carboxylic acids is 1. The van der Waals surface area contributed by atoms with Gasteiger partial charge in [-0.3, -0.25) is 14.7 Å². The van der Waals surface area contributed by atoms with Gasteiger partial charge in [0, 0.05) is 43.5 Å². The van der Waals surface area contributed by atoms with Gasteiger partial charge in [-0.05, 0) is 71.6 Å². The van der Waals surface area contributed by atoms with E-state index in [-0.39, 0.29) is 30.8 Å². The second-order valence-electron chi connectivity index (χ2n) is 12.1. The van der Waals surface area contributed by atoms with Crippen LogP contribution in [-0.4, -0.2) is 40.6 Å². The smallest absolute Gasteiger partial charge is 0.253 e. The van der Waals surface area contributed by atoms with Crippen molar-refractivity contribution >= 4 is 5.91 Å². The van der Waals surface area contributed by atoms with Crippen LogP contribution in [0.2, 0.25) is 0 Å². The quantitative estimate of drug-likeness (QED) is 0.159. The van der Waals surface area contributed by atoms with Gasteiger partial charge >= 0.3 is 0 Å². The van der Waals surface area contributed by atoms with Crippen molar-refractivity contribution in [3.63, 3.8) is 0 Å². The van der Waals surface area contributed by atoms with E-state index in [1.807, 2.05) is 48.5 Å². The highest BCUT2D eigenvalue weighted by Crippen LogP contribution is 2.39. The van der Waals surface area contributed by atoms with E-state index in [1.54, 1.807) is 24.5 Å². The molecule has 7 heteroatoms. The molecule has 7 nitrogen and oxygen atoms in total. The fourth-order valence-corrected chi connectivity index (χ4v) is 6.01. The summed E-state index contributed by atoms with van der Waals surface area (Å²) < 4.78 is 13.3. The van der Waals surface area contributed by atoms with Gasteiger partial charge in [0.25, 0.3) is 5.91 Å². The van der Waals surface area contributed by atoms with Crippen LogP contribution >= 0.6 is 0 Å². The predicted octanol–water partition coefficient (Wildman–Crippen LogP) is 7.41. The summed E-state index contributed by atoms with van der Waals surface area (Å²) in [6.45, 7) is 3.38. The third-order valence-electron chi connectivity index (χ3n) is 8.85. The molecule has 2 N–H and O–H groups in total. The largest absolute Gasteiger partial charge is 0.392 e. The molecule has 47 heavy (non-hydrogen) atoms. The van der Waals surface area contributed by atoms with Crippen LogP contribution < -0.4 is 5.32 Å². The number of ether oxygens (including phenoxy) is 2. The molecule has 1 aliphatic heterocycles. The topological polar surface area (TPSA) is 83.9 Å². The molecule has 1 fully saturated rings. The number of aliphatic hydroxyl groups excluding tert-OH is 1. The first-order valence-electron chi connectivity index (χ1n) is 16.1. The van der Waals surface area contributed by atoms with Crippen LogP contribution in [-0.2, 0) is 22.6 Å². The second-order valence-corrected chi connectivity index (χ2v) is 12.1. The number of carbonyl (C=O) groups is 1. The first-order valence-corrected chi connectivity index (χ1v) is 16.1. The number of pyridine rings is 1. The van der Waals surface area contributed by atoms with Gasteiger partial charge in [0.05, 0.1) is 24.4 Å². The molecule has 5 aromatic rings. The van der Waals surface area contributed by atoms with E-state index in [0.717, 1.165) is 39.9 Å². The second kappa shape index (κ2) is 15.3. The van der Waals surface area contributed by atoms with E-state index in [9.17, 15) is 9.90 Å². The number of benzene rings is 4. The third-order valence-corrected chi connectivity index (χ3v) is 8.85. The summed E-state index contributed by atoms with van der Waals surface area (Å²) in [5, 5.41) is 12.6. The highest BCUT2D eigenvalue weighted by atomic mass is 16.7. The molecule has 4 atom stereocenters. The average Bonchev–Trinajstić information content (AvgIpc) is 3.14. The summed E-state index contributed by atoms with van der Waals surface area (Å²) in [7, 11) is 2.14. The van der Waals surface area contributed by atoms with Crippen molar-refractivity contribution in [2.45, 2.75) is 51.0 Å². The zero-order chi connectivity index (χ0) is 32.6. The molecule has 1 aromatic heterocycles. The molecule has 0 bridgehead atoms. The van der Waals surface area contributed by atoms with Gasteiger partial charge in [0.1, 0.15) is 0 Å². The third kappa shape index (κ3) is 8.20. The van der Waals surface area contributed by atoms with Crippen LogP contribution in [0.1, 0.15) is 70.0 Å². The lowest BCUT2D eigenvalue weighted by Crippen LogP contribution is -2.38. The lowest BCUT2D eigenvalue weighted by atomic mass is 9.98. The predicted molar refractivity (Wildman–Crippen MR) is 183 cm³/mol. The monoisotopic (exact) mass is 627 g/mol. The van der Waals surface area contributed by atoms with Gasteiger partial charge in [0.2, 0.25) is 0 Å². The summed E-state index contributed by atoms with van der Waals surface area (Å²) in [6, 6.07) is 38.7. The van der Waals surface area contributed by atoms with Gasteiger partial charge < -0.3 is 19.9 Å². The van der Waals surface area contributed by atoms with Crippen LogP contribution in [0, 0.1) is 0 Å². The molecule has 2 heterocycles. The Morgan fingerprint density at radius 2 is 1.64 bits per heavy atom. The number of nitrogens with one attached hydrogen (secondary N) is 1. The van der Waals surface area contributed by atoms with Crippen LogP contribution in [0.5, 0.6) is 0 Å². The number of aromatic nitrogens is 1. The van der Waals surface area contributed by atoms with Crippen LogP contribution in [0.25, 0.3) is 11.1 Å². The Morgan fingerprint density at radius 3 is 2.38 bits per heavy atom. The fraction of sp³-hybridized carbons (Fsp3) is 0.250. The first kappa shape index (κ1) is 32.3. The molecule has 1 aliphatic rings. The van der Waals surface area contributed by atoms with Gasteiger partial charge in [0.15, 0.2) is 6.29 Å². The number of aliphatic hydroxyl groups is 1. The zero-order valence-corrected chi connectivity index (χ0v) is 26.8. The van der Waals surface area contributed by atoms with E-state index in [2.05, 4.69) is 83.8 Å². The van der Waals surface area contributed by atoms with E-state index in [4.69, 9.17) is 9.47 Å². The Kier molecular flexibility index (Phi) is 10.5. The zero-order valence-electron chi connectivity index (χ0n) is 26.8. The minimum absolute atomic E-state index is 0.00715. The molecule has 1 saturated heterocycles. The van der Waals surface area contributed by atoms with Crippen molar-refractivity contribution in [2.24, 2.45) is 0 Å². The van der Waals surface area contributed by atoms with E-state index >= 15 is 0 Å². The maximum absolute atomic E-state index is 12.6. The molecule has 0 spiro atoms. The minimum Gasteiger partial charge on any atom is -0.392 e. The van der Waals surface area contributed by atoms with Gasteiger partial charge in [-0.1, -0.05) is 91.0 Å². The Bertz CT molecular complexity index is 1750. The summed E-state index contributed by atoms with van der Waals surface area (Å²) in [4.78, 5) is 18.9. The normalized spacial score (nSPS) is 18.5. The van der Waals surface area contributed by atoms with Gasteiger partial charge in [-0.25, -0.2) is 0 Å². The SMILES string of the molecule is CC(c1ccccc1)N(C)CC1CC(c2ccc(CO)cc2)OC(c2cccc(-c3cccc(CNC(=O)c4cccnc4)c3)c2)O1. The molecular weight excluding hydrogens is 586 g/mol. The standard InChI is InChI=1S/C40H41N3O4/c1-28(31-10-4-3-5-11-31)43(2)26-37-23-38(32-18-16-29(27-44)17-19-32)47-40(46-37)35-14-7-13-34(22-35)33-12-6-9-30(21-33)24-42-39(45)36-15-8-20-41-25-36/h3-22,25,28,37-38,40,44H,23-24,26-27H2,1-2H3,(H,42,45). The summed E-state index contributed by atoms with van der Waals surface area (Å²) in [6.07, 6.45) is 3.14. The molecule has 4 aromatic carbocycles. The van der Waals surface area contributed by atoms with Crippen molar-refractivity contribution in [1.82, 2.24) is 15.2 Å². The van der Waals surface area contributed by atoms with Gasteiger partial charge in [-0.15, -0.1) is 0 Å². The molecule has 1 amide bonds. The number of nitrogens with zero attached hydrogens (tertiary/aromatic N) is 2. The summed E-state index contributed by atoms with van der Waals surface area (Å²) in [5.74, 6) is -0.156. The highest BCUT2D eigenvalue weighted by molar-refractivity contribution is 5.93. The average molecular weight is 628 g/mol. The maximum Gasteiger partial charge on any atom is 0.253 e. The number of amides is 1. The summed E-state index contributed by atoms with van der Waals surface area (Å²) >= 11 is 0. The lowest BCUT2D eigenvalue weighted by molar-refractivity contribution is -0.253. The van der Waals surface area contributed by atoms with Crippen LogP contribution in [0.3, 0.4) is 0 Å². The number of hydrogen-bond acceptors (Lipinski definition) is 6. The van der Waals surface area contributed by atoms with Crippen LogP contribution in [0.4, 0.5) is 0 Å². The number of hydrogen-bond donors (Lipinski definition) is 2. The highest BCUT2D eigenvalue weighted by Gasteiger charge is 2.33. The molecule has 240 valence electrons. The fourth-order valence-electron chi connectivity index (χ4n) is 6.01. The van der Waals surface area contributed by atoms with E-state index < -0.39 is 6.29 Å². The Balaban J connectivity index is 1.21. The molecule has 6 rings (SSSR count). The minimum atomic E-state index is -0.557. The van der Waals surface area contributed by atoms with Crippen molar-refractivity contribution in [3.8, 4) is 11.1 Å². The van der Waals surface area contributed by atoms with Gasteiger partial charge in [-0.2, -0.15) is 0 Å².